The number of rotatable bonds is 3. The van der Waals surface area contributed by atoms with E-state index in [0.29, 0.717) is 18.5 Å². The van der Waals surface area contributed by atoms with E-state index in [4.69, 9.17) is 19.9 Å². The van der Waals surface area contributed by atoms with Crippen molar-refractivity contribution in [2.45, 2.75) is 38.8 Å². The summed E-state index contributed by atoms with van der Waals surface area (Å²) in [6.07, 6.45) is 1.38. The average molecular weight is 525 g/mol. The van der Waals surface area contributed by atoms with Crippen LogP contribution in [0.3, 0.4) is 0 Å². The summed E-state index contributed by atoms with van der Waals surface area (Å²) >= 11 is 0. The van der Waals surface area contributed by atoms with Gasteiger partial charge in [-0.25, -0.2) is 18.6 Å². The highest BCUT2D eigenvalue weighted by molar-refractivity contribution is 5.96. The van der Waals surface area contributed by atoms with Gasteiger partial charge in [-0.1, -0.05) is 5.92 Å². The molecule has 1 unspecified atom stereocenters. The zero-order valence-electron chi connectivity index (χ0n) is 21.6. The molecule has 1 aliphatic rings. The van der Waals surface area contributed by atoms with Crippen LogP contribution >= 0.6 is 0 Å². The van der Waals surface area contributed by atoms with Gasteiger partial charge in [-0.05, 0) is 33.1 Å². The smallest absolute Gasteiger partial charge is 0.410 e. The number of amides is 1. The molecule has 2 aromatic heterocycles. The van der Waals surface area contributed by atoms with E-state index in [-0.39, 0.29) is 46.5 Å². The van der Waals surface area contributed by atoms with E-state index in [9.17, 15) is 18.8 Å². The maximum absolute atomic E-state index is 14.9. The Bertz CT molecular complexity index is 1500. The van der Waals surface area contributed by atoms with Gasteiger partial charge in [-0.3, -0.25) is 4.68 Å². The number of nitrogen functional groups attached to an aromatic ring is 1. The van der Waals surface area contributed by atoms with E-state index in [1.165, 1.54) is 20.4 Å². The fourth-order valence-electron chi connectivity index (χ4n) is 4.18. The number of halogens is 2. The monoisotopic (exact) mass is 524 g/mol. The summed E-state index contributed by atoms with van der Waals surface area (Å²) in [6.45, 7) is 6.02. The van der Waals surface area contributed by atoms with Crippen molar-refractivity contribution in [2.75, 3.05) is 33.0 Å². The van der Waals surface area contributed by atoms with E-state index in [1.807, 2.05) is 0 Å². The van der Waals surface area contributed by atoms with Crippen LogP contribution in [0.15, 0.2) is 12.3 Å². The molecule has 1 fully saturated rings. The minimum atomic E-state index is -1.00. The van der Waals surface area contributed by atoms with Crippen LogP contribution in [0.2, 0.25) is 0 Å². The lowest BCUT2D eigenvalue weighted by Gasteiger charge is -2.24. The lowest BCUT2D eigenvalue weighted by atomic mass is 10.1. The summed E-state index contributed by atoms with van der Waals surface area (Å²) in [6, 6.07) is 2.82. The number of likely N-dealkylation sites (tertiary alicyclic amines) is 1. The molecular weight excluding hydrogens is 498 g/mol. The molecule has 1 amide bonds. The molecule has 1 aliphatic heterocycles. The number of aromatic nitrogens is 3. The molecule has 198 valence electrons. The number of methoxy groups -OCH3 is 2. The lowest BCUT2D eigenvalue weighted by molar-refractivity contribution is 0.0288. The summed E-state index contributed by atoms with van der Waals surface area (Å²) in [5.41, 5.74) is 5.53. The number of pyridine rings is 1. The molecule has 1 atom stereocenters. The van der Waals surface area contributed by atoms with Gasteiger partial charge in [0.05, 0.1) is 36.7 Å². The molecule has 0 aliphatic carbocycles. The van der Waals surface area contributed by atoms with Crippen LogP contribution < -0.4 is 15.2 Å². The number of nitriles is 1. The summed E-state index contributed by atoms with van der Waals surface area (Å²) in [5.74, 6) is 2.70. The van der Waals surface area contributed by atoms with Crippen LogP contribution in [-0.2, 0) is 4.74 Å². The molecular formula is C26H26F2N6O4. The molecule has 2 N–H and O–H groups in total. The van der Waals surface area contributed by atoms with Crippen molar-refractivity contribution in [1.29, 1.82) is 5.26 Å². The number of hydrogen-bond acceptors (Lipinski definition) is 8. The molecule has 10 nitrogen and oxygen atoms in total. The number of benzene rings is 1. The largest absolute Gasteiger partial charge is 0.493 e. The minimum Gasteiger partial charge on any atom is -0.493 e. The van der Waals surface area contributed by atoms with Crippen LogP contribution in [0.25, 0.3) is 10.9 Å². The molecule has 1 aromatic carbocycles. The molecule has 0 radical (unpaired) electrons. The highest BCUT2D eigenvalue weighted by Crippen LogP contribution is 2.33. The quantitative estimate of drug-likeness (QED) is 0.513. The number of fused-ring (bicyclic) bond motifs is 1. The molecule has 1 saturated heterocycles. The van der Waals surface area contributed by atoms with Crippen LogP contribution in [0.4, 0.5) is 19.4 Å². The number of nitrogens with zero attached hydrogens (tertiary/aromatic N) is 5. The van der Waals surface area contributed by atoms with E-state index < -0.39 is 28.9 Å². The predicted molar refractivity (Wildman–Crippen MR) is 134 cm³/mol. The Morgan fingerprint density at radius 3 is 2.42 bits per heavy atom. The van der Waals surface area contributed by atoms with Crippen molar-refractivity contribution in [3.8, 4) is 29.4 Å². The Hall–Kier alpha value is -4.58. The Morgan fingerprint density at radius 1 is 1.18 bits per heavy atom. The highest BCUT2D eigenvalue weighted by Gasteiger charge is 2.33. The maximum atomic E-state index is 14.9. The van der Waals surface area contributed by atoms with Gasteiger partial charge >= 0.3 is 6.09 Å². The Balaban J connectivity index is 1.82. The van der Waals surface area contributed by atoms with E-state index in [2.05, 4.69) is 28.0 Å². The Labute approximate surface area is 217 Å². The molecule has 3 heterocycles. The predicted octanol–water partition coefficient (Wildman–Crippen LogP) is 3.76. The highest BCUT2D eigenvalue weighted by atomic mass is 19.1. The van der Waals surface area contributed by atoms with Gasteiger partial charge in [0, 0.05) is 25.4 Å². The molecule has 0 bridgehead atoms. The van der Waals surface area contributed by atoms with Gasteiger partial charge in [-0.15, -0.1) is 0 Å². The van der Waals surface area contributed by atoms with E-state index in [1.54, 1.807) is 30.4 Å². The zero-order chi connectivity index (χ0) is 27.8. The standard InChI is InChI=1S/C26H26F2N6O4/c1-26(2,3)38-25(35)33-9-8-15(13-33)34-23-14(11-29)12-31-24(30)20(23)17(32-34)7-6-16-21(27)18(36-4)10-19(37-5)22(16)28/h10,12,15H,8-9,13H2,1-5H3,(H2,30,31). The van der Waals surface area contributed by atoms with Gasteiger partial charge in [0.1, 0.15) is 28.7 Å². The van der Waals surface area contributed by atoms with Crippen LogP contribution in [0.1, 0.15) is 50.1 Å². The van der Waals surface area contributed by atoms with E-state index in [0.717, 1.165) is 6.07 Å². The number of hydrogen-bond donors (Lipinski definition) is 1. The van der Waals surface area contributed by atoms with Crippen molar-refractivity contribution < 1.29 is 27.8 Å². The average Bonchev–Trinajstić information content (AvgIpc) is 3.49. The molecule has 3 aromatic rings. The Morgan fingerprint density at radius 2 is 1.84 bits per heavy atom. The van der Waals surface area contributed by atoms with Gasteiger partial charge in [0.25, 0.3) is 0 Å². The minimum absolute atomic E-state index is 0.0423. The summed E-state index contributed by atoms with van der Waals surface area (Å²) in [5, 5.41) is 14.6. The second-order valence-corrected chi connectivity index (χ2v) is 9.59. The van der Waals surface area contributed by atoms with Crippen molar-refractivity contribution in [3.63, 3.8) is 0 Å². The number of carbonyl (C=O) groups excluding carboxylic acids is 1. The van der Waals surface area contributed by atoms with Crippen LogP contribution in [0.5, 0.6) is 11.5 Å². The zero-order valence-corrected chi connectivity index (χ0v) is 21.6. The first-order chi connectivity index (χ1) is 18.0. The second-order valence-electron chi connectivity index (χ2n) is 9.59. The fraction of sp³-hybridized carbons (Fsp3) is 0.385. The maximum Gasteiger partial charge on any atom is 0.410 e. The van der Waals surface area contributed by atoms with Gasteiger partial charge in [-0.2, -0.15) is 10.4 Å². The first kappa shape index (κ1) is 26.5. The van der Waals surface area contributed by atoms with E-state index >= 15 is 0 Å². The lowest BCUT2D eigenvalue weighted by Crippen LogP contribution is -2.35. The number of ether oxygens (including phenoxy) is 3. The van der Waals surface area contributed by atoms with Crippen LogP contribution in [0, 0.1) is 34.8 Å². The number of nitrogens with two attached hydrogens (primary N) is 1. The van der Waals surface area contributed by atoms with Crippen molar-refractivity contribution >= 4 is 22.8 Å². The SMILES string of the molecule is COc1cc(OC)c(F)c(C#Cc2nn(C3CCN(C(=O)OC(C)(C)C)C3)c3c(C#N)cnc(N)c23)c1F. The number of anilines is 1. The van der Waals surface area contributed by atoms with Gasteiger partial charge in [0.2, 0.25) is 0 Å². The summed E-state index contributed by atoms with van der Waals surface area (Å²) < 4.78 is 46.7. The summed E-state index contributed by atoms with van der Waals surface area (Å²) in [4.78, 5) is 18.2. The fourth-order valence-corrected chi connectivity index (χ4v) is 4.18. The van der Waals surface area contributed by atoms with Gasteiger partial charge in [0.15, 0.2) is 23.1 Å². The van der Waals surface area contributed by atoms with Gasteiger partial charge < -0.3 is 24.8 Å². The van der Waals surface area contributed by atoms with Crippen molar-refractivity contribution in [2.24, 2.45) is 0 Å². The molecule has 4 rings (SSSR count). The molecule has 0 spiro atoms. The van der Waals surface area contributed by atoms with Crippen molar-refractivity contribution in [3.05, 3.63) is 40.7 Å². The second kappa shape index (κ2) is 10.1. The number of carbonyl (C=O) groups is 1. The molecule has 38 heavy (non-hydrogen) atoms. The molecule has 0 saturated carbocycles. The third-order valence-electron chi connectivity index (χ3n) is 5.92. The first-order valence-corrected chi connectivity index (χ1v) is 11.7. The van der Waals surface area contributed by atoms with Crippen molar-refractivity contribution in [1.82, 2.24) is 19.7 Å². The first-order valence-electron chi connectivity index (χ1n) is 11.7. The third kappa shape index (κ3) is 4.85. The van der Waals surface area contributed by atoms with Crippen LogP contribution in [-0.4, -0.2) is 58.7 Å². The topological polar surface area (TPSA) is 129 Å². The summed E-state index contributed by atoms with van der Waals surface area (Å²) in [7, 11) is 2.47. The molecule has 12 heteroatoms. The normalized spacial score (nSPS) is 15.1. The Kier molecular flexibility index (Phi) is 7.01. The third-order valence-corrected chi connectivity index (χ3v) is 5.92.